The second-order valence-electron chi connectivity index (χ2n) is 4.35. The van der Waals surface area contributed by atoms with E-state index >= 15 is 0 Å². The van der Waals surface area contributed by atoms with Crippen LogP contribution in [0.25, 0.3) is 0 Å². The first-order chi connectivity index (χ1) is 9.63. The number of nitrogens with zero attached hydrogens (tertiary/aromatic N) is 2. The monoisotopic (exact) mass is 284 g/mol. The number of likely N-dealkylation sites (N-methyl/N-ethyl adjacent to an activating group) is 1. The van der Waals surface area contributed by atoms with E-state index in [2.05, 4.69) is 6.07 Å². The number of amides is 1. The topological polar surface area (TPSA) is 44.1 Å². The zero-order valence-corrected chi connectivity index (χ0v) is 11.8. The van der Waals surface area contributed by atoms with E-state index in [0.717, 1.165) is 5.56 Å². The molecule has 1 amide bonds. The van der Waals surface area contributed by atoms with Gasteiger partial charge in [0.25, 0.3) is 0 Å². The van der Waals surface area contributed by atoms with Gasteiger partial charge in [0.1, 0.15) is 6.07 Å². The molecular weight excluding hydrogens is 272 g/mol. The molecule has 0 spiro atoms. The van der Waals surface area contributed by atoms with Crippen LogP contribution in [0.1, 0.15) is 11.1 Å². The summed E-state index contributed by atoms with van der Waals surface area (Å²) < 4.78 is 0. The van der Waals surface area contributed by atoms with Crippen LogP contribution in [0.15, 0.2) is 48.5 Å². The summed E-state index contributed by atoms with van der Waals surface area (Å²) in [6, 6.07) is 16.4. The van der Waals surface area contributed by atoms with E-state index < -0.39 is 0 Å². The molecule has 0 N–H and O–H groups in total. The molecule has 0 bridgehead atoms. The molecule has 0 aliphatic heterocycles. The van der Waals surface area contributed by atoms with Gasteiger partial charge >= 0.3 is 0 Å². The predicted molar refractivity (Wildman–Crippen MR) is 79.7 cm³/mol. The number of hydrogen-bond donors (Lipinski definition) is 0. The minimum Gasteiger partial charge on any atom is -0.314 e. The van der Waals surface area contributed by atoms with Gasteiger partial charge in [0, 0.05) is 12.1 Å². The third-order valence-electron chi connectivity index (χ3n) is 3.06. The Labute approximate surface area is 123 Å². The Morgan fingerprint density at radius 3 is 2.55 bits per heavy atom. The second-order valence-corrected chi connectivity index (χ2v) is 4.76. The van der Waals surface area contributed by atoms with E-state index in [1.165, 1.54) is 4.90 Å². The standard InChI is InChI=1S/C16H13ClN2O/c1-19(15-9-5-3-7-13(15)11-18)16(20)10-12-6-2-4-8-14(12)17/h2-9H,10H2,1H3. The fraction of sp³-hybridized carbons (Fsp3) is 0.125. The van der Waals surface area contributed by atoms with Crippen LogP contribution in [-0.2, 0) is 11.2 Å². The number of carbonyl (C=O) groups is 1. The molecule has 2 aromatic carbocycles. The van der Waals surface area contributed by atoms with Gasteiger partial charge in [-0.1, -0.05) is 41.9 Å². The summed E-state index contributed by atoms with van der Waals surface area (Å²) in [5.74, 6) is -0.110. The highest BCUT2D eigenvalue weighted by atomic mass is 35.5. The molecule has 0 fully saturated rings. The Hall–Kier alpha value is -2.31. The van der Waals surface area contributed by atoms with Crippen LogP contribution < -0.4 is 4.90 Å². The molecule has 100 valence electrons. The Balaban J connectivity index is 2.22. The van der Waals surface area contributed by atoms with Crippen molar-refractivity contribution in [3.63, 3.8) is 0 Å². The van der Waals surface area contributed by atoms with Gasteiger partial charge in [0.15, 0.2) is 0 Å². The fourth-order valence-electron chi connectivity index (χ4n) is 1.92. The highest BCUT2D eigenvalue weighted by Crippen LogP contribution is 2.21. The van der Waals surface area contributed by atoms with Crippen LogP contribution in [0.3, 0.4) is 0 Å². The number of benzene rings is 2. The number of hydrogen-bond acceptors (Lipinski definition) is 2. The number of nitriles is 1. The number of anilines is 1. The smallest absolute Gasteiger partial charge is 0.231 e. The summed E-state index contributed by atoms with van der Waals surface area (Å²) in [5.41, 5.74) is 1.86. The molecule has 0 aromatic heterocycles. The number of para-hydroxylation sites is 1. The number of rotatable bonds is 3. The zero-order valence-electron chi connectivity index (χ0n) is 11.0. The van der Waals surface area contributed by atoms with Crippen molar-refractivity contribution in [2.75, 3.05) is 11.9 Å². The molecule has 20 heavy (non-hydrogen) atoms. The van der Waals surface area contributed by atoms with Gasteiger partial charge in [-0.25, -0.2) is 0 Å². The minimum atomic E-state index is -0.110. The fourth-order valence-corrected chi connectivity index (χ4v) is 2.12. The lowest BCUT2D eigenvalue weighted by molar-refractivity contribution is -0.117. The van der Waals surface area contributed by atoms with Crippen LogP contribution in [0.2, 0.25) is 5.02 Å². The van der Waals surface area contributed by atoms with Crippen molar-refractivity contribution < 1.29 is 4.79 Å². The van der Waals surface area contributed by atoms with Crippen molar-refractivity contribution in [2.24, 2.45) is 0 Å². The lowest BCUT2D eigenvalue weighted by Gasteiger charge is -2.18. The van der Waals surface area contributed by atoms with Crippen LogP contribution in [-0.4, -0.2) is 13.0 Å². The van der Waals surface area contributed by atoms with Gasteiger partial charge in [-0.2, -0.15) is 5.26 Å². The first-order valence-electron chi connectivity index (χ1n) is 6.12. The molecule has 0 saturated carbocycles. The normalized spacial score (nSPS) is 9.85. The molecule has 0 atom stereocenters. The average molecular weight is 285 g/mol. The Morgan fingerprint density at radius 2 is 1.85 bits per heavy atom. The molecule has 0 saturated heterocycles. The number of carbonyl (C=O) groups excluding carboxylic acids is 1. The Kier molecular flexibility index (Phi) is 4.39. The van der Waals surface area contributed by atoms with Crippen molar-refractivity contribution in [3.8, 4) is 6.07 Å². The quantitative estimate of drug-likeness (QED) is 0.867. The van der Waals surface area contributed by atoms with E-state index in [9.17, 15) is 4.79 Å². The third-order valence-corrected chi connectivity index (χ3v) is 3.43. The van der Waals surface area contributed by atoms with Gasteiger partial charge in [0.05, 0.1) is 17.7 Å². The van der Waals surface area contributed by atoms with E-state index in [1.54, 1.807) is 37.4 Å². The maximum atomic E-state index is 12.3. The summed E-state index contributed by atoms with van der Waals surface area (Å²) in [4.78, 5) is 13.8. The molecule has 0 radical (unpaired) electrons. The molecule has 0 aliphatic rings. The lowest BCUT2D eigenvalue weighted by Crippen LogP contribution is -2.28. The summed E-state index contributed by atoms with van der Waals surface area (Å²) >= 11 is 6.05. The lowest BCUT2D eigenvalue weighted by atomic mass is 10.1. The van der Waals surface area contributed by atoms with E-state index in [1.807, 2.05) is 18.2 Å². The van der Waals surface area contributed by atoms with E-state index in [4.69, 9.17) is 16.9 Å². The minimum absolute atomic E-state index is 0.110. The molecule has 0 aliphatic carbocycles. The number of halogens is 1. The van der Waals surface area contributed by atoms with E-state index in [-0.39, 0.29) is 12.3 Å². The summed E-state index contributed by atoms with van der Waals surface area (Å²) in [7, 11) is 1.66. The van der Waals surface area contributed by atoms with Crippen LogP contribution in [0.5, 0.6) is 0 Å². The molecular formula is C16H13ClN2O. The summed E-state index contributed by atoms with van der Waals surface area (Å²) in [5, 5.41) is 9.65. The van der Waals surface area contributed by atoms with Crippen LogP contribution in [0, 0.1) is 11.3 Å². The van der Waals surface area contributed by atoms with Gasteiger partial charge in [-0.3, -0.25) is 4.79 Å². The highest BCUT2D eigenvalue weighted by Gasteiger charge is 2.15. The Bertz CT molecular complexity index is 676. The molecule has 0 heterocycles. The first kappa shape index (κ1) is 14.1. The van der Waals surface area contributed by atoms with Crippen LogP contribution >= 0.6 is 11.6 Å². The summed E-state index contributed by atoms with van der Waals surface area (Å²) in [6.45, 7) is 0. The summed E-state index contributed by atoms with van der Waals surface area (Å²) in [6.07, 6.45) is 0.204. The largest absolute Gasteiger partial charge is 0.314 e. The molecule has 3 nitrogen and oxygen atoms in total. The van der Waals surface area contributed by atoms with Crippen molar-refractivity contribution in [1.29, 1.82) is 5.26 Å². The predicted octanol–water partition coefficient (Wildman–Crippen LogP) is 3.42. The molecule has 2 aromatic rings. The van der Waals surface area contributed by atoms with Crippen LogP contribution in [0.4, 0.5) is 5.69 Å². The average Bonchev–Trinajstić information content (AvgIpc) is 2.48. The van der Waals surface area contributed by atoms with Gasteiger partial charge in [-0.15, -0.1) is 0 Å². The van der Waals surface area contributed by atoms with Gasteiger partial charge in [0.2, 0.25) is 5.91 Å². The molecule has 0 unspecified atom stereocenters. The zero-order chi connectivity index (χ0) is 14.5. The SMILES string of the molecule is CN(C(=O)Cc1ccccc1Cl)c1ccccc1C#N. The van der Waals surface area contributed by atoms with Gasteiger partial charge in [-0.05, 0) is 23.8 Å². The Morgan fingerprint density at radius 1 is 1.20 bits per heavy atom. The van der Waals surface area contributed by atoms with Crippen molar-refractivity contribution >= 4 is 23.2 Å². The molecule has 2 rings (SSSR count). The highest BCUT2D eigenvalue weighted by molar-refractivity contribution is 6.31. The maximum absolute atomic E-state index is 12.3. The van der Waals surface area contributed by atoms with Crippen molar-refractivity contribution in [3.05, 3.63) is 64.7 Å². The maximum Gasteiger partial charge on any atom is 0.231 e. The van der Waals surface area contributed by atoms with Gasteiger partial charge < -0.3 is 4.90 Å². The molecule has 4 heteroatoms. The van der Waals surface area contributed by atoms with Crippen molar-refractivity contribution in [2.45, 2.75) is 6.42 Å². The first-order valence-corrected chi connectivity index (χ1v) is 6.50. The van der Waals surface area contributed by atoms with Crippen molar-refractivity contribution in [1.82, 2.24) is 0 Å². The van der Waals surface area contributed by atoms with E-state index in [0.29, 0.717) is 16.3 Å². The third kappa shape index (κ3) is 2.98. The second kappa shape index (κ2) is 6.23.